The van der Waals surface area contributed by atoms with Gasteiger partial charge in [0.1, 0.15) is 0 Å². The van der Waals surface area contributed by atoms with Crippen molar-refractivity contribution in [1.82, 2.24) is 14.7 Å². The zero-order chi connectivity index (χ0) is 21.8. The number of para-hydroxylation sites is 1. The van der Waals surface area contributed by atoms with Crippen LogP contribution >= 0.6 is 23.2 Å². The molecule has 0 spiro atoms. The molecule has 1 heterocycles. The summed E-state index contributed by atoms with van der Waals surface area (Å²) in [6.45, 7) is 4.06. The molecule has 6 nitrogen and oxygen atoms in total. The Morgan fingerprint density at radius 2 is 1.67 bits per heavy atom. The summed E-state index contributed by atoms with van der Waals surface area (Å²) in [4.78, 5) is 26.8. The van der Waals surface area contributed by atoms with Gasteiger partial charge in [0.15, 0.2) is 0 Å². The van der Waals surface area contributed by atoms with E-state index in [0.29, 0.717) is 33.5 Å². The highest BCUT2D eigenvalue weighted by molar-refractivity contribution is 6.39. The molecule has 156 valence electrons. The molecule has 3 rings (SSSR count). The number of aryl methyl sites for hydroxylation is 1. The van der Waals surface area contributed by atoms with Gasteiger partial charge in [-0.25, -0.2) is 0 Å². The molecule has 0 unspecified atom stereocenters. The number of likely N-dealkylation sites (N-methyl/N-ethyl adjacent to an activating group) is 1. The fraction of sp³-hybridized carbons (Fsp3) is 0.227. The standard InChI is InChI=1S/C22H22Cl2N4O2/c1-14-20(15(2)28(26-14)12-16-8-5-4-6-9-16)22(30)27(3)13-19(29)25-21-17(23)10-7-11-18(21)24/h4-11H,12-13H2,1-3H3,(H,25,29). The van der Waals surface area contributed by atoms with Gasteiger partial charge in [0.2, 0.25) is 5.91 Å². The molecular weight excluding hydrogens is 423 g/mol. The van der Waals surface area contributed by atoms with Crippen molar-refractivity contribution < 1.29 is 9.59 Å². The van der Waals surface area contributed by atoms with Crippen molar-refractivity contribution in [2.45, 2.75) is 20.4 Å². The second-order valence-corrected chi connectivity index (χ2v) is 7.81. The molecule has 8 heteroatoms. The van der Waals surface area contributed by atoms with E-state index < -0.39 is 5.91 Å². The van der Waals surface area contributed by atoms with Crippen molar-refractivity contribution in [2.24, 2.45) is 0 Å². The third-order valence-corrected chi connectivity index (χ3v) is 5.36. The Morgan fingerprint density at radius 3 is 2.30 bits per heavy atom. The maximum absolute atomic E-state index is 13.0. The van der Waals surface area contributed by atoms with Crippen LogP contribution in [0.5, 0.6) is 0 Å². The van der Waals surface area contributed by atoms with Crippen LogP contribution in [-0.2, 0) is 11.3 Å². The minimum absolute atomic E-state index is 0.150. The summed E-state index contributed by atoms with van der Waals surface area (Å²) in [6.07, 6.45) is 0. The average molecular weight is 445 g/mol. The molecule has 0 aliphatic carbocycles. The first-order chi connectivity index (χ1) is 14.3. The number of rotatable bonds is 6. The number of nitrogens with zero attached hydrogens (tertiary/aromatic N) is 3. The van der Waals surface area contributed by atoms with Gasteiger partial charge in [-0.15, -0.1) is 0 Å². The van der Waals surface area contributed by atoms with Gasteiger partial charge in [-0.3, -0.25) is 14.3 Å². The number of anilines is 1. The quantitative estimate of drug-likeness (QED) is 0.605. The molecule has 0 fully saturated rings. The van der Waals surface area contributed by atoms with Crippen LogP contribution in [0.3, 0.4) is 0 Å². The van der Waals surface area contributed by atoms with Crippen molar-refractivity contribution in [3.05, 3.63) is 81.1 Å². The van der Waals surface area contributed by atoms with Gasteiger partial charge in [0.05, 0.1) is 40.1 Å². The van der Waals surface area contributed by atoms with E-state index in [-0.39, 0.29) is 12.5 Å². The van der Waals surface area contributed by atoms with E-state index in [1.165, 1.54) is 4.90 Å². The van der Waals surface area contributed by atoms with E-state index >= 15 is 0 Å². The number of carbonyl (C=O) groups is 2. The number of amides is 2. The van der Waals surface area contributed by atoms with E-state index in [0.717, 1.165) is 11.3 Å². The molecule has 0 aliphatic heterocycles. The SMILES string of the molecule is Cc1nn(Cc2ccccc2)c(C)c1C(=O)N(C)CC(=O)Nc1c(Cl)cccc1Cl. The molecule has 0 radical (unpaired) electrons. The molecule has 1 aromatic heterocycles. The Labute approximate surface area is 185 Å². The van der Waals surface area contributed by atoms with E-state index in [2.05, 4.69) is 10.4 Å². The highest BCUT2D eigenvalue weighted by atomic mass is 35.5. The largest absolute Gasteiger partial charge is 0.332 e. The van der Waals surface area contributed by atoms with Crippen LogP contribution in [0.4, 0.5) is 5.69 Å². The third kappa shape index (κ3) is 4.83. The van der Waals surface area contributed by atoms with Crippen molar-refractivity contribution >= 4 is 40.7 Å². The predicted molar refractivity (Wildman–Crippen MR) is 119 cm³/mol. The molecule has 2 aromatic carbocycles. The van der Waals surface area contributed by atoms with Gasteiger partial charge in [-0.05, 0) is 31.5 Å². The average Bonchev–Trinajstić information content (AvgIpc) is 2.98. The summed E-state index contributed by atoms with van der Waals surface area (Å²) >= 11 is 12.2. The number of hydrogen-bond donors (Lipinski definition) is 1. The minimum Gasteiger partial charge on any atom is -0.332 e. The Kier molecular flexibility index (Phi) is 6.80. The monoisotopic (exact) mass is 444 g/mol. The van der Waals surface area contributed by atoms with Crippen LogP contribution in [-0.4, -0.2) is 40.1 Å². The molecule has 30 heavy (non-hydrogen) atoms. The molecule has 1 N–H and O–H groups in total. The lowest BCUT2D eigenvalue weighted by Crippen LogP contribution is -2.35. The van der Waals surface area contributed by atoms with Crippen LogP contribution in [0.2, 0.25) is 10.0 Å². The first-order valence-corrected chi connectivity index (χ1v) is 10.1. The van der Waals surface area contributed by atoms with E-state index in [4.69, 9.17) is 23.2 Å². The van der Waals surface area contributed by atoms with Crippen molar-refractivity contribution in [1.29, 1.82) is 0 Å². The van der Waals surface area contributed by atoms with Crippen LogP contribution in [0, 0.1) is 13.8 Å². The minimum atomic E-state index is -0.396. The van der Waals surface area contributed by atoms with Crippen LogP contribution in [0.25, 0.3) is 0 Å². The summed E-state index contributed by atoms with van der Waals surface area (Å²) in [7, 11) is 1.57. The topological polar surface area (TPSA) is 67.2 Å². The highest BCUT2D eigenvalue weighted by Gasteiger charge is 2.23. The second-order valence-electron chi connectivity index (χ2n) is 7.00. The Balaban J connectivity index is 1.72. The molecule has 0 bridgehead atoms. The van der Waals surface area contributed by atoms with Crippen molar-refractivity contribution in [3.8, 4) is 0 Å². The van der Waals surface area contributed by atoms with E-state index in [1.54, 1.807) is 36.9 Å². The predicted octanol–water partition coefficient (Wildman–Crippen LogP) is 4.57. The molecular formula is C22H22Cl2N4O2. The van der Waals surface area contributed by atoms with E-state index in [1.807, 2.05) is 37.3 Å². The summed E-state index contributed by atoms with van der Waals surface area (Å²) in [5.74, 6) is -0.669. The van der Waals surface area contributed by atoms with Gasteiger partial charge in [0.25, 0.3) is 5.91 Å². The number of nitrogens with one attached hydrogen (secondary N) is 1. The van der Waals surface area contributed by atoms with Gasteiger partial charge < -0.3 is 10.2 Å². The van der Waals surface area contributed by atoms with Crippen molar-refractivity contribution in [2.75, 3.05) is 18.9 Å². The van der Waals surface area contributed by atoms with Gasteiger partial charge in [-0.1, -0.05) is 59.6 Å². The summed E-state index contributed by atoms with van der Waals surface area (Å²) in [5.41, 5.74) is 3.29. The highest BCUT2D eigenvalue weighted by Crippen LogP contribution is 2.29. The van der Waals surface area contributed by atoms with Gasteiger partial charge in [-0.2, -0.15) is 5.10 Å². The first-order valence-electron chi connectivity index (χ1n) is 9.35. The Hall–Kier alpha value is -2.83. The third-order valence-electron chi connectivity index (χ3n) is 4.73. The molecule has 0 atom stereocenters. The van der Waals surface area contributed by atoms with Gasteiger partial charge >= 0.3 is 0 Å². The van der Waals surface area contributed by atoms with Crippen molar-refractivity contribution in [3.63, 3.8) is 0 Å². The Bertz CT molecular complexity index is 1060. The second kappa shape index (κ2) is 9.32. The van der Waals surface area contributed by atoms with Crippen LogP contribution in [0.1, 0.15) is 27.3 Å². The van der Waals surface area contributed by atoms with Crippen LogP contribution < -0.4 is 5.32 Å². The maximum Gasteiger partial charge on any atom is 0.257 e. The normalized spacial score (nSPS) is 10.7. The lowest BCUT2D eigenvalue weighted by atomic mass is 10.1. The Morgan fingerprint density at radius 1 is 1.03 bits per heavy atom. The molecule has 2 amide bonds. The summed E-state index contributed by atoms with van der Waals surface area (Å²) < 4.78 is 1.80. The summed E-state index contributed by atoms with van der Waals surface area (Å²) in [5, 5.41) is 7.84. The number of hydrogen-bond acceptors (Lipinski definition) is 3. The smallest absolute Gasteiger partial charge is 0.257 e. The zero-order valence-electron chi connectivity index (χ0n) is 16.9. The van der Waals surface area contributed by atoms with Gasteiger partial charge in [0, 0.05) is 12.7 Å². The lowest BCUT2D eigenvalue weighted by molar-refractivity contribution is -0.116. The lowest BCUT2D eigenvalue weighted by Gasteiger charge is -2.18. The first kappa shape index (κ1) is 21.9. The van der Waals surface area contributed by atoms with E-state index in [9.17, 15) is 9.59 Å². The molecule has 0 saturated heterocycles. The van der Waals surface area contributed by atoms with Crippen LogP contribution in [0.15, 0.2) is 48.5 Å². The molecule has 0 aliphatic rings. The number of benzene rings is 2. The maximum atomic E-state index is 13.0. The fourth-order valence-corrected chi connectivity index (χ4v) is 3.68. The molecule has 0 saturated carbocycles. The number of aromatic nitrogens is 2. The summed E-state index contributed by atoms with van der Waals surface area (Å²) in [6, 6.07) is 14.8. The fourth-order valence-electron chi connectivity index (χ4n) is 3.19. The number of halogens is 2. The molecule has 3 aromatic rings. The number of carbonyl (C=O) groups excluding carboxylic acids is 2. The zero-order valence-corrected chi connectivity index (χ0v) is 18.5.